The average molecular weight is 193 g/mol. The molecule has 1 aliphatic rings. The zero-order valence-electron chi connectivity index (χ0n) is 9.34. The van der Waals surface area contributed by atoms with Gasteiger partial charge in [-0.3, -0.25) is 0 Å². The van der Waals surface area contributed by atoms with Gasteiger partial charge in [0.1, 0.15) is 0 Å². The predicted molar refractivity (Wildman–Crippen MR) is 57.6 cm³/mol. The number of ether oxygens (including phenoxy) is 1. The molecule has 1 unspecified atom stereocenters. The highest BCUT2D eigenvalue weighted by molar-refractivity contribution is 5.28. The maximum atomic E-state index is 5.64. The van der Waals surface area contributed by atoms with Gasteiger partial charge < -0.3 is 9.30 Å². The van der Waals surface area contributed by atoms with E-state index in [4.69, 9.17) is 4.74 Å². The lowest BCUT2D eigenvalue weighted by molar-refractivity contribution is 0.0966. The van der Waals surface area contributed by atoms with Crippen molar-refractivity contribution < 1.29 is 4.74 Å². The maximum Gasteiger partial charge on any atom is 0.0754 e. The van der Waals surface area contributed by atoms with Crippen molar-refractivity contribution in [3.8, 4) is 0 Å². The SMILES string of the molecule is Cc1cn(CC2CCCO2)c(C)c1C. The molecule has 1 aromatic rings. The lowest BCUT2D eigenvalue weighted by atomic mass is 10.2. The van der Waals surface area contributed by atoms with Gasteiger partial charge in [0.25, 0.3) is 0 Å². The van der Waals surface area contributed by atoms with Crippen LogP contribution in [0.3, 0.4) is 0 Å². The molecule has 2 nitrogen and oxygen atoms in total. The van der Waals surface area contributed by atoms with Gasteiger partial charge in [-0.15, -0.1) is 0 Å². The summed E-state index contributed by atoms with van der Waals surface area (Å²) in [6.07, 6.45) is 5.13. The summed E-state index contributed by atoms with van der Waals surface area (Å²) in [7, 11) is 0. The summed E-state index contributed by atoms with van der Waals surface area (Å²) in [5.41, 5.74) is 4.20. The second-order valence-corrected chi connectivity index (χ2v) is 4.31. The summed E-state index contributed by atoms with van der Waals surface area (Å²) in [5.74, 6) is 0. The smallest absolute Gasteiger partial charge is 0.0754 e. The van der Waals surface area contributed by atoms with E-state index in [2.05, 4.69) is 31.5 Å². The first kappa shape index (κ1) is 9.78. The predicted octanol–water partition coefficient (Wildman–Crippen LogP) is 2.59. The molecule has 0 saturated carbocycles. The Bertz CT molecular complexity index is 321. The maximum absolute atomic E-state index is 5.64. The van der Waals surface area contributed by atoms with Gasteiger partial charge in [-0.25, -0.2) is 0 Å². The molecule has 0 amide bonds. The van der Waals surface area contributed by atoms with Crippen LogP contribution in [0.2, 0.25) is 0 Å². The molecule has 0 N–H and O–H groups in total. The molecule has 2 rings (SSSR count). The molecule has 0 aliphatic carbocycles. The van der Waals surface area contributed by atoms with Crippen LogP contribution in [0.1, 0.15) is 29.7 Å². The molecular weight excluding hydrogens is 174 g/mol. The standard InChI is InChI=1S/C12H19NO/c1-9-7-13(11(3)10(9)2)8-12-5-4-6-14-12/h7,12H,4-6,8H2,1-3H3. The van der Waals surface area contributed by atoms with E-state index in [-0.39, 0.29) is 0 Å². The highest BCUT2D eigenvalue weighted by Gasteiger charge is 2.17. The van der Waals surface area contributed by atoms with E-state index in [1.807, 2.05) is 0 Å². The second kappa shape index (κ2) is 3.77. The Labute approximate surface area is 85.9 Å². The first-order chi connectivity index (χ1) is 6.68. The molecule has 2 heterocycles. The minimum Gasteiger partial charge on any atom is -0.376 e. The van der Waals surface area contributed by atoms with Gasteiger partial charge in [-0.2, -0.15) is 0 Å². The van der Waals surface area contributed by atoms with Crippen molar-refractivity contribution in [1.29, 1.82) is 0 Å². The van der Waals surface area contributed by atoms with Gasteiger partial charge >= 0.3 is 0 Å². The molecule has 1 aliphatic heterocycles. The highest BCUT2D eigenvalue weighted by Crippen LogP contribution is 2.19. The third kappa shape index (κ3) is 1.71. The molecular formula is C12H19NO. The number of rotatable bonds is 2. The van der Waals surface area contributed by atoms with E-state index in [0.29, 0.717) is 6.10 Å². The zero-order chi connectivity index (χ0) is 10.1. The monoisotopic (exact) mass is 193 g/mol. The van der Waals surface area contributed by atoms with Gasteiger partial charge in [-0.1, -0.05) is 0 Å². The summed E-state index contributed by atoms with van der Waals surface area (Å²) >= 11 is 0. The Morgan fingerprint density at radius 2 is 2.21 bits per heavy atom. The van der Waals surface area contributed by atoms with Gasteiger partial charge in [0.05, 0.1) is 6.10 Å². The topological polar surface area (TPSA) is 14.2 Å². The molecule has 78 valence electrons. The Hall–Kier alpha value is -0.760. The van der Waals surface area contributed by atoms with Crippen molar-refractivity contribution >= 4 is 0 Å². The van der Waals surface area contributed by atoms with Crippen molar-refractivity contribution in [3.63, 3.8) is 0 Å². The quantitative estimate of drug-likeness (QED) is 0.704. The number of hydrogen-bond acceptors (Lipinski definition) is 1. The first-order valence-corrected chi connectivity index (χ1v) is 5.43. The minimum atomic E-state index is 0.444. The van der Waals surface area contributed by atoms with Crippen LogP contribution in [-0.2, 0) is 11.3 Å². The molecule has 0 aromatic carbocycles. The van der Waals surface area contributed by atoms with Crippen LogP contribution in [0.25, 0.3) is 0 Å². The molecule has 2 heteroatoms. The van der Waals surface area contributed by atoms with Crippen LogP contribution in [0.5, 0.6) is 0 Å². The fourth-order valence-electron chi connectivity index (χ4n) is 2.13. The van der Waals surface area contributed by atoms with Crippen LogP contribution in [0, 0.1) is 20.8 Å². The molecule has 0 bridgehead atoms. The van der Waals surface area contributed by atoms with Crippen molar-refractivity contribution in [1.82, 2.24) is 4.57 Å². The third-order valence-corrected chi connectivity index (χ3v) is 3.34. The third-order valence-electron chi connectivity index (χ3n) is 3.34. The van der Waals surface area contributed by atoms with Crippen LogP contribution in [0.15, 0.2) is 6.20 Å². The van der Waals surface area contributed by atoms with Crippen LogP contribution in [-0.4, -0.2) is 17.3 Å². The Balaban J connectivity index is 2.12. The van der Waals surface area contributed by atoms with E-state index in [9.17, 15) is 0 Å². The minimum absolute atomic E-state index is 0.444. The molecule has 0 radical (unpaired) electrons. The fraction of sp³-hybridized carbons (Fsp3) is 0.667. The molecule has 1 saturated heterocycles. The molecule has 1 fully saturated rings. The Morgan fingerprint density at radius 3 is 2.71 bits per heavy atom. The van der Waals surface area contributed by atoms with Crippen molar-refractivity contribution in [2.75, 3.05) is 6.61 Å². The normalized spacial score (nSPS) is 21.8. The lowest BCUT2D eigenvalue weighted by Gasteiger charge is -2.12. The summed E-state index contributed by atoms with van der Waals surface area (Å²) in [6.45, 7) is 8.53. The molecule has 1 aromatic heterocycles. The van der Waals surface area contributed by atoms with Crippen LogP contribution in [0.4, 0.5) is 0 Å². The first-order valence-electron chi connectivity index (χ1n) is 5.43. The molecule has 14 heavy (non-hydrogen) atoms. The van der Waals surface area contributed by atoms with Gasteiger partial charge in [-0.05, 0) is 44.7 Å². The largest absolute Gasteiger partial charge is 0.376 e. The lowest BCUT2D eigenvalue weighted by Crippen LogP contribution is -2.15. The fourth-order valence-corrected chi connectivity index (χ4v) is 2.13. The number of hydrogen-bond donors (Lipinski definition) is 0. The van der Waals surface area contributed by atoms with E-state index in [1.165, 1.54) is 29.7 Å². The molecule has 0 spiro atoms. The number of nitrogens with zero attached hydrogens (tertiary/aromatic N) is 1. The van der Waals surface area contributed by atoms with Crippen LogP contribution >= 0.6 is 0 Å². The summed E-state index contributed by atoms with van der Waals surface area (Å²) in [6, 6.07) is 0. The van der Waals surface area contributed by atoms with Gasteiger partial charge in [0.2, 0.25) is 0 Å². The molecule has 1 atom stereocenters. The van der Waals surface area contributed by atoms with E-state index in [0.717, 1.165) is 13.2 Å². The van der Waals surface area contributed by atoms with Crippen LogP contribution < -0.4 is 0 Å². The van der Waals surface area contributed by atoms with Gasteiger partial charge in [0, 0.05) is 25.0 Å². The summed E-state index contributed by atoms with van der Waals surface area (Å²) < 4.78 is 7.97. The number of aryl methyl sites for hydroxylation is 1. The second-order valence-electron chi connectivity index (χ2n) is 4.31. The van der Waals surface area contributed by atoms with E-state index in [1.54, 1.807) is 0 Å². The Morgan fingerprint density at radius 1 is 1.43 bits per heavy atom. The summed E-state index contributed by atoms with van der Waals surface area (Å²) in [4.78, 5) is 0. The van der Waals surface area contributed by atoms with Gasteiger partial charge in [0.15, 0.2) is 0 Å². The summed E-state index contributed by atoms with van der Waals surface area (Å²) in [5, 5.41) is 0. The average Bonchev–Trinajstić information content (AvgIpc) is 2.73. The van der Waals surface area contributed by atoms with Crippen molar-refractivity contribution in [2.24, 2.45) is 0 Å². The highest BCUT2D eigenvalue weighted by atomic mass is 16.5. The number of aromatic nitrogens is 1. The van der Waals surface area contributed by atoms with Crippen molar-refractivity contribution in [3.05, 3.63) is 23.0 Å². The van der Waals surface area contributed by atoms with E-state index >= 15 is 0 Å². The van der Waals surface area contributed by atoms with E-state index < -0.39 is 0 Å². The Kier molecular flexibility index (Phi) is 2.64. The van der Waals surface area contributed by atoms with Crippen molar-refractivity contribution in [2.45, 2.75) is 46.3 Å². The zero-order valence-corrected chi connectivity index (χ0v) is 9.34.